The van der Waals surface area contributed by atoms with Crippen LogP contribution < -0.4 is 14.8 Å². The van der Waals surface area contributed by atoms with Gasteiger partial charge in [0.15, 0.2) is 5.75 Å². The molecule has 0 saturated carbocycles. The van der Waals surface area contributed by atoms with Gasteiger partial charge in [-0.05, 0) is 42.0 Å². The number of benzene rings is 2. The molecule has 4 rings (SSSR count). The van der Waals surface area contributed by atoms with Gasteiger partial charge in [-0.15, -0.1) is 0 Å². The van der Waals surface area contributed by atoms with E-state index in [2.05, 4.69) is 5.32 Å². The number of fused-ring (bicyclic) bond motifs is 9. The Labute approximate surface area is 175 Å². The molecule has 0 aliphatic carbocycles. The number of halogens is 3. The minimum Gasteiger partial charge on any atom is -0.488 e. The number of aliphatic carboxylic acids is 1. The van der Waals surface area contributed by atoms with Gasteiger partial charge in [-0.1, -0.05) is 29.3 Å². The second kappa shape index (κ2) is 9.15. The maximum absolute atomic E-state index is 13.8. The predicted octanol–water partition coefficient (Wildman–Crippen LogP) is 3.89. The zero-order valence-electron chi connectivity index (χ0n) is 15.0. The summed E-state index contributed by atoms with van der Waals surface area (Å²) in [6, 6.07) is 5.52. The summed E-state index contributed by atoms with van der Waals surface area (Å²) < 4.78 is 24.9. The van der Waals surface area contributed by atoms with Crippen LogP contribution in [0.25, 0.3) is 0 Å². The smallest absolute Gasteiger partial charge is 0.326 e. The zero-order chi connectivity index (χ0) is 21.0. The molecule has 0 aromatic heterocycles. The van der Waals surface area contributed by atoms with Crippen molar-refractivity contribution in [3.63, 3.8) is 0 Å². The Morgan fingerprint density at radius 2 is 1.83 bits per heavy atom. The molecule has 0 saturated heterocycles. The first-order valence-electron chi connectivity index (χ1n) is 8.57. The summed E-state index contributed by atoms with van der Waals surface area (Å²) in [6.07, 6.45) is 3.28. The van der Waals surface area contributed by atoms with E-state index in [9.17, 15) is 19.1 Å². The number of nitrogens with one attached hydrogen (secondary N) is 1. The van der Waals surface area contributed by atoms with Crippen molar-refractivity contribution in [3.8, 4) is 11.5 Å². The van der Waals surface area contributed by atoms with Crippen LogP contribution >= 0.6 is 23.2 Å². The fraction of sp³-hybridized carbons (Fsp3) is 0.200. The maximum atomic E-state index is 13.8. The Morgan fingerprint density at radius 3 is 2.52 bits per heavy atom. The van der Waals surface area contributed by atoms with Crippen molar-refractivity contribution in [2.24, 2.45) is 0 Å². The first kappa shape index (κ1) is 21.0. The van der Waals surface area contributed by atoms with Crippen LogP contribution in [0.5, 0.6) is 11.5 Å². The van der Waals surface area contributed by atoms with Crippen molar-refractivity contribution < 1.29 is 28.6 Å². The monoisotopic (exact) mass is 439 g/mol. The van der Waals surface area contributed by atoms with E-state index in [1.165, 1.54) is 0 Å². The van der Waals surface area contributed by atoms with Gasteiger partial charge in [0.1, 0.15) is 30.8 Å². The standard InChI is InChI=1S/C20H16Cl2FNO5/c21-14-7-11-3-4-17(14)28-5-1-2-6-29-18-13(9-12(23)10-15(18)22)19(25)24-16(8-11)20(26)27/h1-4,7,9-10,16H,5-6,8H2,(H,24,25)(H,26,27)/b2-1+/t16-/m0/s1. The molecule has 2 aromatic rings. The highest BCUT2D eigenvalue weighted by atomic mass is 35.5. The lowest BCUT2D eigenvalue weighted by atomic mass is 10.0. The number of carboxylic acids is 1. The first-order valence-corrected chi connectivity index (χ1v) is 9.32. The van der Waals surface area contributed by atoms with Crippen molar-refractivity contribution in [1.29, 1.82) is 0 Å². The van der Waals surface area contributed by atoms with Gasteiger partial charge in [0.25, 0.3) is 5.91 Å². The molecule has 29 heavy (non-hydrogen) atoms. The third-order valence-corrected chi connectivity index (χ3v) is 4.69. The minimum atomic E-state index is -1.28. The highest BCUT2D eigenvalue weighted by Crippen LogP contribution is 2.31. The molecule has 2 aromatic carbocycles. The largest absolute Gasteiger partial charge is 0.488 e. The number of rotatable bonds is 1. The molecule has 2 aliphatic heterocycles. The third-order valence-electron chi connectivity index (χ3n) is 4.12. The molecule has 1 amide bonds. The number of amides is 1. The summed E-state index contributed by atoms with van der Waals surface area (Å²) >= 11 is 12.2. The second-order valence-electron chi connectivity index (χ2n) is 6.19. The molecule has 2 aliphatic rings. The molecule has 2 bridgehead atoms. The highest BCUT2D eigenvalue weighted by molar-refractivity contribution is 6.33. The minimum absolute atomic E-state index is 0.0318. The summed E-state index contributed by atoms with van der Waals surface area (Å²) in [5.41, 5.74) is 0.373. The highest BCUT2D eigenvalue weighted by Gasteiger charge is 2.25. The Bertz CT molecular complexity index is 980. The number of hydrogen-bond donors (Lipinski definition) is 2. The summed E-state index contributed by atoms with van der Waals surface area (Å²) in [7, 11) is 0. The normalized spacial score (nSPS) is 18.2. The average molecular weight is 440 g/mol. The Balaban J connectivity index is 2.00. The Morgan fingerprint density at radius 1 is 1.10 bits per heavy atom. The number of carbonyl (C=O) groups excluding carboxylic acids is 1. The van der Waals surface area contributed by atoms with Crippen LogP contribution in [-0.4, -0.2) is 36.2 Å². The molecule has 6 nitrogen and oxygen atoms in total. The Kier molecular flexibility index (Phi) is 6.61. The van der Waals surface area contributed by atoms with Crippen molar-refractivity contribution >= 4 is 35.1 Å². The van der Waals surface area contributed by atoms with E-state index in [0.717, 1.165) is 12.1 Å². The molecule has 9 heteroatoms. The van der Waals surface area contributed by atoms with E-state index in [-0.39, 0.29) is 36.0 Å². The molecule has 1 atom stereocenters. The number of hydrogen-bond acceptors (Lipinski definition) is 4. The SMILES string of the molecule is O=C1N[C@H](C(=O)O)Cc2ccc(c(Cl)c2)OC/C=C/COc2c(Cl)cc(F)cc21. The van der Waals surface area contributed by atoms with Crippen LogP contribution in [0.1, 0.15) is 15.9 Å². The number of carboxylic acid groups (broad SMARTS) is 1. The van der Waals surface area contributed by atoms with E-state index >= 15 is 0 Å². The second-order valence-corrected chi connectivity index (χ2v) is 7.01. The molecule has 2 heterocycles. The maximum Gasteiger partial charge on any atom is 0.326 e. The Hall–Kier alpha value is -2.77. The van der Waals surface area contributed by atoms with E-state index in [1.54, 1.807) is 30.4 Å². The first-order chi connectivity index (χ1) is 13.8. The van der Waals surface area contributed by atoms with Gasteiger partial charge in [0.2, 0.25) is 0 Å². The van der Waals surface area contributed by atoms with Crippen molar-refractivity contribution in [3.05, 3.63) is 69.5 Å². The van der Waals surface area contributed by atoms with E-state index in [4.69, 9.17) is 32.7 Å². The van der Waals surface area contributed by atoms with Crippen LogP contribution in [0.15, 0.2) is 42.5 Å². The molecule has 0 unspecified atom stereocenters. The van der Waals surface area contributed by atoms with Crippen LogP contribution in [0, 0.1) is 5.82 Å². The van der Waals surface area contributed by atoms with Gasteiger partial charge in [-0.3, -0.25) is 4.79 Å². The van der Waals surface area contributed by atoms with Crippen molar-refractivity contribution in [1.82, 2.24) is 5.32 Å². The fourth-order valence-corrected chi connectivity index (χ4v) is 3.26. The lowest BCUT2D eigenvalue weighted by molar-refractivity contribution is -0.139. The van der Waals surface area contributed by atoms with E-state index in [0.29, 0.717) is 16.3 Å². The molecular formula is C20H16Cl2FNO5. The van der Waals surface area contributed by atoms with Gasteiger partial charge in [0.05, 0.1) is 15.6 Å². The van der Waals surface area contributed by atoms with Gasteiger partial charge >= 0.3 is 5.97 Å². The lowest BCUT2D eigenvalue weighted by Crippen LogP contribution is -2.42. The fourth-order valence-electron chi connectivity index (χ4n) is 2.74. The summed E-state index contributed by atoms with van der Waals surface area (Å²) in [5, 5.41) is 12.1. The number of carbonyl (C=O) groups is 2. The van der Waals surface area contributed by atoms with Gasteiger partial charge in [-0.25, -0.2) is 9.18 Å². The van der Waals surface area contributed by atoms with Crippen LogP contribution in [0.2, 0.25) is 10.0 Å². The van der Waals surface area contributed by atoms with Gasteiger partial charge < -0.3 is 19.9 Å². The van der Waals surface area contributed by atoms with E-state index in [1.807, 2.05) is 0 Å². The van der Waals surface area contributed by atoms with Crippen LogP contribution in [0.4, 0.5) is 4.39 Å². The lowest BCUT2D eigenvalue weighted by Gasteiger charge is -2.18. The average Bonchev–Trinajstić information content (AvgIpc) is 2.65. The predicted molar refractivity (Wildman–Crippen MR) is 106 cm³/mol. The van der Waals surface area contributed by atoms with Crippen LogP contribution in [0.3, 0.4) is 0 Å². The topological polar surface area (TPSA) is 84.9 Å². The summed E-state index contributed by atoms with van der Waals surface area (Å²) in [4.78, 5) is 24.4. The van der Waals surface area contributed by atoms with Gasteiger partial charge in [0, 0.05) is 6.42 Å². The molecule has 152 valence electrons. The van der Waals surface area contributed by atoms with E-state index < -0.39 is 23.7 Å². The molecule has 0 fully saturated rings. The number of ether oxygens (including phenoxy) is 2. The molecule has 0 spiro atoms. The summed E-state index contributed by atoms with van der Waals surface area (Å²) in [6.45, 7) is 0.245. The molecule has 0 radical (unpaired) electrons. The summed E-state index contributed by atoms with van der Waals surface area (Å²) in [5.74, 6) is -2.44. The molecule has 2 N–H and O–H groups in total. The van der Waals surface area contributed by atoms with Crippen molar-refractivity contribution in [2.75, 3.05) is 13.2 Å². The zero-order valence-corrected chi connectivity index (χ0v) is 16.5. The van der Waals surface area contributed by atoms with Gasteiger partial charge in [-0.2, -0.15) is 0 Å². The van der Waals surface area contributed by atoms with Crippen molar-refractivity contribution in [2.45, 2.75) is 12.5 Å². The quantitative estimate of drug-likeness (QED) is 0.658. The molecular weight excluding hydrogens is 424 g/mol. The van der Waals surface area contributed by atoms with Crippen LogP contribution in [-0.2, 0) is 11.2 Å². The third kappa shape index (κ3) is 5.19.